The van der Waals surface area contributed by atoms with Crippen molar-refractivity contribution in [2.45, 2.75) is 38.6 Å². The smallest absolute Gasteiger partial charge is 0.387 e. The molecular formula is C23H22F3N5O2. The van der Waals surface area contributed by atoms with Crippen LogP contribution in [-0.4, -0.2) is 35.7 Å². The number of imidazole rings is 1. The summed E-state index contributed by atoms with van der Waals surface area (Å²) in [6, 6.07) is 6.24. The summed E-state index contributed by atoms with van der Waals surface area (Å²) in [7, 11) is 0. The van der Waals surface area contributed by atoms with Crippen LogP contribution in [0.4, 0.5) is 19.0 Å². The van der Waals surface area contributed by atoms with Crippen molar-refractivity contribution in [3.63, 3.8) is 0 Å². The monoisotopic (exact) mass is 460 g/mol. The zero-order valence-electron chi connectivity index (χ0n) is 20.6. The quantitative estimate of drug-likeness (QED) is 0.422. The molecule has 0 amide bonds. The van der Waals surface area contributed by atoms with Crippen LogP contribution in [0.25, 0.3) is 28.2 Å². The molecule has 0 saturated heterocycles. The predicted molar refractivity (Wildman–Crippen MR) is 117 cm³/mol. The minimum Gasteiger partial charge on any atom is -0.387 e. The third-order valence-corrected chi connectivity index (χ3v) is 5.44. The SMILES string of the molecule is [2H]C([2H])([2H])c1ccc(C(C)(O)C(F)(F)F)cc1-c1cnc2c(N)nc(-c3ccc(C(C)O)nc3)cn12. The molecule has 7 nitrogen and oxygen atoms in total. The first-order valence-electron chi connectivity index (χ1n) is 11.3. The van der Waals surface area contributed by atoms with Crippen molar-refractivity contribution in [1.82, 2.24) is 19.4 Å². The molecule has 0 spiro atoms. The Balaban J connectivity index is 1.95. The highest BCUT2D eigenvalue weighted by atomic mass is 19.4. The molecule has 0 aliphatic rings. The first-order chi connectivity index (χ1) is 16.6. The van der Waals surface area contributed by atoms with Gasteiger partial charge >= 0.3 is 6.18 Å². The van der Waals surface area contributed by atoms with Crippen LogP contribution in [0.1, 0.15) is 40.9 Å². The van der Waals surface area contributed by atoms with Crippen molar-refractivity contribution < 1.29 is 27.5 Å². The number of anilines is 1. The summed E-state index contributed by atoms with van der Waals surface area (Å²) < 4.78 is 65.7. The predicted octanol–water partition coefficient (Wildman–Crippen LogP) is 4.17. The lowest BCUT2D eigenvalue weighted by atomic mass is 9.91. The van der Waals surface area contributed by atoms with Gasteiger partial charge in [0.05, 0.1) is 29.4 Å². The largest absolute Gasteiger partial charge is 0.421 e. The summed E-state index contributed by atoms with van der Waals surface area (Å²) in [4.78, 5) is 12.7. The molecule has 33 heavy (non-hydrogen) atoms. The maximum atomic E-state index is 13.5. The number of nitrogen functional groups attached to an aromatic ring is 1. The van der Waals surface area contributed by atoms with Crippen LogP contribution in [0.2, 0.25) is 0 Å². The fourth-order valence-electron chi connectivity index (χ4n) is 3.38. The zero-order chi connectivity index (χ0) is 26.6. The number of rotatable bonds is 4. The van der Waals surface area contributed by atoms with E-state index < -0.39 is 30.3 Å². The van der Waals surface area contributed by atoms with Gasteiger partial charge in [-0.05, 0) is 50.0 Å². The van der Waals surface area contributed by atoms with Crippen molar-refractivity contribution >= 4 is 11.5 Å². The lowest BCUT2D eigenvalue weighted by Gasteiger charge is -2.27. The highest BCUT2D eigenvalue weighted by Gasteiger charge is 2.51. The second-order valence-electron chi connectivity index (χ2n) is 7.83. The number of nitrogens with two attached hydrogens (primary N) is 1. The van der Waals surface area contributed by atoms with Crippen LogP contribution in [0.3, 0.4) is 0 Å². The van der Waals surface area contributed by atoms with Gasteiger partial charge in [-0.3, -0.25) is 9.38 Å². The number of fused-ring (bicyclic) bond motifs is 1. The first-order valence-corrected chi connectivity index (χ1v) is 9.83. The molecule has 0 aliphatic heterocycles. The molecule has 0 aliphatic carbocycles. The van der Waals surface area contributed by atoms with Gasteiger partial charge in [-0.25, -0.2) is 9.97 Å². The lowest BCUT2D eigenvalue weighted by molar-refractivity contribution is -0.258. The Morgan fingerprint density at radius 3 is 2.52 bits per heavy atom. The van der Waals surface area contributed by atoms with Crippen molar-refractivity contribution in [3.05, 3.63) is 65.7 Å². The number of nitrogens with zero attached hydrogens (tertiary/aromatic N) is 4. The Kier molecular flexibility index (Phi) is 4.51. The van der Waals surface area contributed by atoms with E-state index in [9.17, 15) is 23.4 Å². The number of pyridine rings is 1. The van der Waals surface area contributed by atoms with Gasteiger partial charge in [-0.15, -0.1) is 0 Å². The summed E-state index contributed by atoms with van der Waals surface area (Å²) in [5.74, 6) is -0.00720. The van der Waals surface area contributed by atoms with E-state index >= 15 is 0 Å². The third-order valence-electron chi connectivity index (χ3n) is 5.44. The van der Waals surface area contributed by atoms with Crippen molar-refractivity contribution in [3.8, 4) is 22.5 Å². The number of aliphatic hydroxyl groups excluding tert-OH is 1. The zero-order valence-corrected chi connectivity index (χ0v) is 17.6. The summed E-state index contributed by atoms with van der Waals surface area (Å²) in [6.07, 6.45) is -1.52. The fraction of sp³-hybridized carbons (Fsp3) is 0.261. The third kappa shape index (κ3) is 3.91. The second kappa shape index (κ2) is 7.82. The van der Waals surface area contributed by atoms with E-state index in [4.69, 9.17) is 9.85 Å². The van der Waals surface area contributed by atoms with Crippen molar-refractivity contribution in [2.75, 3.05) is 5.73 Å². The Labute approximate surface area is 191 Å². The molecule has 3 aromatic heterocycles. The molecular weight excluding hydrogens is 435 g/mol. The average molecular weight is 460 g/mol. The second-order valence-corrected chi connectivity index (χ2v) is 7.83. The standard InChI is InChI=1S/C23H22F3N5O2/c1-12-4-6-15(22(3,33)23(24,25)26)8-16(12)19-10-29-21-20(27)30-18(11-31(19)21)14-5-7-17(13(2)32)28-9-14/h4-11,13,32-33H,1-3H3,(H2,27,30)/i1D3. The normalized spacial score (nSPS) is 16.6. The molecule has 4 rings (SSSR count). The van der Waals surface area contributed by atoms with Gasteiger partial charge < -0.3 is 15.9 Å². The number of hydrogen-bond acceptors (Lipinski definition) is 6. The van der Waals surface area contributed by atoms with Gasteiger partial charge in [0.15, 0.2) is 17.1 Å². The molecule has 0 fully saturated rings. The maximum Gasteiger partial charge on any atom is 0.421 e. The van der Waals surface area contributed by atoms with Gasteiger partial charge in [0.1, 0.15) is 0 Å². The lowest BCUT2D eigenvalue weighted by Crippen LogP contribution is -2.39. The number of aliphatic hydroxyl groups is 2. The molecule has 2 unspecified atom stereocenters. The van der Waals surface area contributed by atoms with Gasteiger partial charge in [0.25, 0.3) is 0 Å². The number of benzene rings is 1. The Morgan fingerprint density at radius 1 is 1.15 bits per heavy atom. The van der Waals surface area contributed by atoms with Gasteiger partial charge in [-0.1, -0.05) is 12.1 Å². The molecule has 3 heterocycles. The van der Waals surface area contributed by atoms with Gasteiger partial charge in [0, 0.05) is 27.6 Å². The molecule has 1 aromatic carbocycles. The molecule has 172 valence electrons. The number of hydrogen-bond donors (Lipinski definition) is 3. The molecule has 0 bridgehead atoms. The van der Waals surface area contributed by atoms with Crippen LogP contribution >= 0.6 is 0 Å². The van der Waals surface area contributed by atoms with Crippen LogP contribution in [0.5, 0.6) is 0 Å². The van der Waals surface area contributed by atoms with E-state index in [2.05, 4.69) is 15.0 Å². The molecule has 10 heteroatoms. The molecule has 4 aromatic rings. The van der Waals surface area contributed by atoms with E-state index in [1.807, 2.05) is 0 Å². The number of alkyl halides is 3. The van der Waals surface area contributed by atoms with E-state index in [1.165, 1.54) is 23.0 Å². The Morgan fingerprint density at radius 2 is 1.91 bits per heavy atom. The number of aryl methyl sites for hydroxylation is 1. The van der Waals surface area contributed by atoms with Crippen molar-refractivity contribution in [1.29, 1.82) is 0 Å². The first kappa shape index (κ1) is 19.0. The van der Waals surface area contributed by atoms with Crippen LogP contribution in [-0.2, 0) is 5.60 Å². The minimum absolute atomic E-state index is 0.00720. The fourth-order valence-corrected chi connectivity index (χ4v) is 3.38. The number of halogens is 3. The van der Waals surface area contributed by atoms with Gasteiger partial charge in [0.2, 0.25) is 0 Å². The van der Waals surface area contributed by atoms with Crippen LogP contribution in [0, 0.1) is 6.85 Å². The molecule has 4 N–H and O–H groups in total. The van der Waals surface area contributed by atoms with Crippen LogP contribution in [0.15, 0.2) is 48.9 Å². The summed E-state index contributed by atoms with van der Waals surface area (Å²) in [5, 5.41) is 19.9. The average Bonchev–Trinajstić information content (AvgIpc) is 3.22. The highest BCUT2D eigenvalue weighted by Crippen LogP contribution is 2.40. The summed E-state index contributed by atoms with van der Waals surface area (Å²) >= 11 is 0. The van der Waals surface area contributed by atoms with E-state index in [1.54, 1.807) is 19.1 Å². The van der Waals surface area contributed by atoms with E-state index in [0.717, 1.165) is 18.2 Å². The summed E-state index contributed by atoms with van der Waals surface area (Å²) in [6.45, 7) is -0.515. The Bertz CT molecular complexity index is 1430. The minimum atomic E-state index is -5.00. The van der Waals surface area contributed by atoms with Crippen LogP contribution < -0.4 is 5.73 Å². The van der Waals surface area contributed by atoms with Gasteiger partial charge in [-0.2, -0.15) is 13.2 Å². The maximum absolute atomic E-state index is 13.5. The summed E-state index contributed by atoms with van der Waals surface area (Å²) in [5.41, 5.74) is 3.61. The number of aromatic nitrogens is 4. The van der Waals surface area contributed by atoms with E-state index in [-0.39, 0.29) is 28.3 Å². The molecule has 0 radical (unpaired) electrons. The van der Waals surface area contributed by atoms with Crippen molar-refractivity contribution in [2.24, 2.45) is 0 Å². The van der Waals surface area contributed by atoms with E-state index in [0.29, 0.717) is 23.9 Å². The molecule has 2 atom stereocenters. The highest BCUT2D eigenvalue weighted by molar-refractivity contribution is 5.74. The molecule has 0 saturated carbocycles. The topological polar surface area (TPSA) is 110 Å². The Hall–Kier alpha value is -3.50.